The van der Waals surface area contributed by atoms with Crippen molar-refractivity contribution in [3.8, 4) is 11.1 Å². The lowest BCUT2D eigenvalue weighted by Gasteiger charge is -2.36. The first-order valence-electron chi connectivity index (χ1n) is 10.8. The molecule has 0 saturated carbocycles. The van der Waals surface area contributed by atoms with Crippen LogP contribution in [0.2, 0.25) is 0 Å². The summed E-state index contributed by atoms with van der Waals surface area (Å²) in [6.45, 7) is 2.00. The smallest absolute Gasteiger partial charge is 0.326 e. The fourth-order valence-electron chi connectivity index (χ4n) is 4.74. The first-order valence-corrected chi connectivity index (χ1v) is 12.4. The Balaban J connectivity index is 1.51. The molecule has 12 heteroatoms. The lowest BCUT2D eigenvalue weighted by atomic mass is 9.99. The van der Waals surface area contributed by atoms with E-state index in [9.17, 15) is 26.4 Å². The van der Waals surface area contributed by atoms with Crippen molar-refractivity contribution in [2.24, 2.45) is 0 Å². The van der Waals surface area contributed by atoms with Crippen molar-refractivity contribution in [2.45, 2.75) is 31.8 Å². The second-order valence-corrected chi connectivity index (χ2v) is 10.5. The molecular formula is C22H21F3N4O4S. The van der Waals surface area contributed by atoms with Gasteiger partial charge in [-0.2, -0.15) is 0 Å². The van der Waals surface area contributed by atoms with E-state index in [0.29, 0.717) is 25.0 Å². The highest BCUT2D eigenvalue weighted by molar-refractivity contribution is 7.89. The molecule has 34 heavy (non-hydrogen) atoms. The predicted molar refractivity (Wildman–Crippen MR) is 118 cm³/mol. The van der Waals surface area contributed by atoms with E-state index in [1.807, 2.05) is 0 Å². The summed E-state index contributed by atoms with van der Waals surface area (Å²) in [6, 6.07) is 4.75. The summed E-state index contributed by atoms with van der Waals surface area (Å²) in [4.78, 5) is 16.3. The maximum absolute atomic E-state index is 14.6. The number of carbonyl (C=O) groups excluding carboxylic acids is 1. The lowest BCUT2D eigenvalue weighted by Crippen LogP contribution is -2.52. The van der Waals surface area contributed by atoms with Crippen LogP contribution < -0.4 is 9.62 Å². The van der Waals surface area contributed by atoms with E-state index in [2.05, 4.69) is 9.88 Å². The summed E-state index contributed by atoms with van der Waals surface area (Å²) < 4.78 is 74.5. The molecule has 3 heterocycles. The van der Waals surface area contributed by atoms with Gasteiger partial charge in [0.2, 0.25) is 10.0 Å². The third-order valence-electron chi connectivity index (χ3n) is 6.32. The number of carbonyl (C=O) groups is 1. The van der Waals surface area contributed by atoms with Gasteiger partial charge in [0, 0.05) is 42.9 Å². The monoisotopic (exact) mass is 494 g/mol. The number of sulfonamides is 1. The summed E-state index contributed by atoms with van der Waals surface area (Å²) in [5.41, 5.74) is -0.164. The van der Waals surface area contributed by atoms with Crippen LogP contribution in [0.4, 0.5) is 23.8 Å². The Morgan fingerprint density at radius 3 is 2.65 bits per heavy atom. The molecule has 2 aliphatic heterocycles. The molecule has 2 saturated heterocycles. The van der Waals surface area contributed by atoms with Crippen molar-refractivity contribution in [2.75, 3.05) is 23.7 Å². The Morgan fingerprint density at radius 1 is 1.21 bits per heavy atom. The van der Waals surface area contributed by atoms with Gasteiger partial charge in [0.05, 0.1) is 16.7 Å². The van der Waals surface area contributed by atoms with Gasteiger partial charge in [0.15, 0.2) is 11.4 Å². The zero-order valence-electron chi connectivity index (χ0n) is 18.1. The van der Waals surface area contributed by atoms with Crippen LogP contribution in [-0.2, 0) is 10.0 Å². The molecule has 8 nitrogen and oxygen atoms in total. The molecule has 3 aromatic rings. The number of urea groups is 1. The number of aromatic nitrogens is 1. The third-order valence-corrected chi connectivity index (χ3v) is 7.77. The molecule has 2 fully saturated rings. The van der Waals surface area contributed by atoms with Crippen LogP contribution in [0, 0.1) is 17.5 Å². The van der Waals surface area contributed by atoms with Gasteiger partial charge in [-0.1, -0.05) is 17.3 Å². The molecule has 5 rings (SSSR count). The fraction of sp³-hybridized carbons (Fsp3) is 0.364. The average molecular weight is 494 g/mol. The quantitative estimate of drug-likeness (QED) is 0.585. The van der Waals surface area contributed by atoms with Crippen LogP contribution in [0.1, 0.15) is 19.8 Å². The molecule has 2 atom stereocenters. The maximum Gasteiger partial charge on any atom is 0.326 e. The van der Waals surface area contributed by atoms with Crippen molar-refractivity contribution in [1.82, 2.24) is 14.8 Å². The lowest BCUT2D eigenvalue weighted by molar-refractivity contribution is 0.185. The minimum absolute atomic E-state index is 0.0571. The first-order chi connectivity index (χ1) is 16.2. The van der Waals surface area contributed by atoms with Crippen molar-refractivity contribution in [1.29, 1.82) is 0 Å². The normalized spacial score (nSPS) is 20.9. The summed E-state index contributed by atoms with van der Waals surface area (Å²) in [6.07, 6.45) is 1.04. The number of hydrogen-bond acceptors (Lipinski definition) is 5. The van der Waals surface area contributed by atoms with Gasteiger partial charge in [-0.15, -0.1) is 0 Å². The van der Waals surface area contributed by atoms with Gasteiger partial charge in [0.1, 0.15) is 17.5 Å². The molecule has 0 radical (unpaired) electrons. The standard InChI is InChI=1S/C22H21F3N4O4S/c1-2-34(31,32)27-13-10-14-6-7-28(22(30)29(14)11-13)21-20-15(4-3-5-18(20)33-26-21)19-16(24)8-12(23)9-17(19)25/h3-5,8-9,13-14,27H,2,6-7,10-11H2,1H3/t13-,14+/m0/s1. The Kier molecular flexibility index (Phi) is 5.52. The van der Waals surface area contributed by atoms with Gasteiger partial charge < -0.3 is 9.42 Å². The van der Waals surface area contributed by atoms with Crippen LogP contribution in [-0.4, -0.2) is 55.4 Å². The summed E-state index contributed by atoms with van der Waals surface area (Å²) in [5, 5.41) is 4.23. The zero-order chi connectivity index (χ0) is 24.2. The highest BCUT2D eigenvalue weighted by Crippen LogP contribution is 2.40. The average Bonchev–Trinajstić information content (AvgIpc) is 3.38. The molecule has 0 unspecified atom stereocenters. The van der Waals surface area contributed by atoms with Crippen LogP contribution in [0.25, 0.3) is 22.1 Å². The van der Waals surface area contributed by atoms with Gasteiger partial charge in [-0.25, -0.2) is 31.1 Å². The topological polar surface area (TPSA) is 95.7 Å². The van der Waals surface area contributed by atoms with Gasteiger partial charge in [-0.05, 0) is 25.8 Å². The second kappa shape index (κ2) is 8.27. The number of benzene rings is 2. The van der Waals surface area contributed by atoms with Crippen molar-refractivity contribution in [3.05, 3.63) is 47.8 Å². The number of anilines is 1. The molecule has 0 aliphatic carbocycles. The minimum Gasteiger partial charge on any atom is -0.354 e. The highest BCUT2D eigenvalue weighted by atomic mass is 32.2. The molecule has 1 N–H and O–H groups in total. The number of nitrogens with one attached hydrogen (secondary N) is 1. The van der Waals surface area contributed by atoms with E-state index < -0.39 is 45.1 Å². The minimum atomic E-state index is -3.42. The van der Waals surface area contributed by atoms with Crippen molar-refractivity contribution < 1.29 is 30.9 Å². The molecule has 0 bridgehead atoms. The fourth-order valence-corrected chi connectivity index (χ4v) is 5.59. The SMILES string of the molecule is CCS(=O)(=O)N[C@H]1C[C@H]2CCN(c3noc4cccc(-c5c(F)cc(F)cc5F)c34)C(=O)N2C1. The second-order valence-electron chi connectivity index (χ2n) is 8.41. The summed E-state index contributed by atoms with van der Waals surface area (Å²) in [7, 11) is -3.42. The molecule has 0 spiro atoms. The third kappa shape index (κ3) is 3.80. The van der Waals surface area contributed by atoms with Crippen molar-refractivity contribution >= 4 is 32.8 Å². The summed E-state index contributed by atoms with van der Waals surface area (Å²) >= 11 is 0. The Hall–Kier alpha value is -3.12. The molecule has 1 aromatic heterocycles. The van der Waals surface area contributed by atoms with E-state index in [1.165, 1.54) is 24.0 Å². The van der Waals surface area contributed by atoms with Crippen molar-refractivity contribution in [3.63, 3.8) is 0 Å². The number of fused-ring (bicyclic) bond motifs is 2. The van der Waals surface area contributed by atoms with Crippen LogP contribution in [0.15, 0.2) is 34.9 Å². The number of rotatable bonds is 5. The molecule has 2 amide bonds. The predicted octanol–water partition coefficient (Wildman–Crippen LogP) is 3.62. The Morgan fingerprint density at radius 2 is 1.94 bits per heavy atom. The van der Waals surface area contributed by atoms with Gasteiger partial charge in [-0.3, -0.25) is 4.90 Å². The molecule has 2 aliphatic rings. The number of nitrogens with zero attached hydrogens (tertiary/aromatic N) is 3. The van der Waals surface area contributed by atoms with E-state index in [0.717, 1.165) is 0 Å². The molecule has 2 aromatic carbocycles. The molecule has 180 valence electrons. The summed E-state index contributed by atoms with van der Waals surface area (Å²) in [5.74, 6) is -3.19. The van der Waals surface area contributed by atoms with Crippen LogP contribution >= 0.6 is 0 Å². The van der Waals surface area contributed by atoms with Gasteiger partial charge >= 0.3 is 6.03 Å². The number of halogens is 3. The van der Waals surface area contributed by atoms with Crippen LogP contribution in [0.3, 0.4) is 0 Å². The number of amides is 2. The van der Waals surface area contributed by atoms with E-state index >= 15 is 0 Å². The number of hydrogen-bond donors (Lipinski definition) is 1. The Bertz CT molecular complexity index is 1370. The zero-order valence-corrected chi connectivity index (χ0v) is 18.9. The first kappa shape index (κ1) is 22.7. The van der Waals surface area contributed by atoms with Crippen LogP contribution in [0.5, 0.6) is 0 Å². The highest BCUT2D eigenvalue weighted by Gasteiger charge is 2.43. The van der Waals surface area contributed by atoms with E-state index in [-0.39, 0.29) is 47.2 Å². The maximum atomic E-state index is 14.6. The Labute approximate surface area is 193 Å². The van der Waals surface area contributed by atoms with E-state index in [1.54, 1.807) is 11.0 Å². The molecular weight excluding hydrogens is 473 g/mol. The van der Waals surface area contributed by atoms with Gasteiger partial charge in [0.25, 0.3) is 0 Å². The largest absolute Gasteiger partial charge is 0.354 e. The van der Waals surface area contributed by atoms with E-state index in [4.69, 9.17) is 4.52 Å².